The first-order valence-corrected chi connectivity index (χ1v) is 9.47. The van der Waals surface area contributed by atoms with Gasteiger partial charge in [0.05, 0.1) is 5.69 Å². The van der Waals surface area contributed by atoms with Gasteiger partial charge in [-0.25, -0.2) is 8.78 Å². The van der Waals surface area contributed by atoms with Crippen molar-refractivity contribution in [3.63, 3.8) is 0 Å². The Balaban J connectivity index is 1.47. The van der Waals surface area contributed by atoms with E-state index < -0.39 is 29.5 Å². The molecule has 1 aliphatic rings. The molecule has 0 saturated heterocycles. The molecule has 3 N–H and O–H groups in total. The molecule has 1 aliphatic heterocycles. The number of H-pyrrole nitrogens is 1. The molecule has 0 bridgehead atoms. The fourth-order valence-corrected chi connectivity index (χ4v) is 3.53. The number of nitrogens with one attached hydrogen (secondary N) is 3. The minimum Gasteiger partial charge on any atom is -0.337 e. The van der Waals surface area contributed by atoms with Crippen molar-refractivity contribution in [1.82, 2.24) is 20.5 Å². The minimum absolute atomic E-state index is 0.0274. The van der Waals surface area contributed by atoms with Crippen LogP contribution in [0.1, 0.15) is 46.8 Å². The summed E-state index contributed by atoms with van der Waals surface area (Å²) in [5, 5.41) is 12.9. The van der Waals surface area contributed by atoms with Crippen molar-refractivity contribution in [1.29, 1.82) is 0 Å². The number of fused-ring (bicyclic) bond motifs is 1. The molecule has 0 spiro atoms. The van der Waals surface area contributed by atoms with E-state index in [2.05, 4.69) is 25.8 Å². The molecule has 2 heterocycles. The van der Waals surface area contributed by atoms with Crippen LogP contribution >= 0.6 is 0 Å². The van der Waals surface area contributed by atoms with Gasteiger partial charge in [0.25, 0.3) is 5.91 Å². The summed E-state index contributed by atoms with van der Waals surface area (Å²) in [4.78, 5) is 28.0. The number of amides is 2. The van der Waals surface area contributed by atoms with Gasteiger partial charge in [0.2, 0.25) is 11.7 Å². The van der Waals surface area contributed by atoms with Crippen molar-refractivity contribution < 1.29 is 18.4 Å². The molecule has 0 aliphatic carbocycles. The molecule has 0 saturated carbocycles. The maximum absolute atomic E-state index is 14.1. The smallest absolute Gasteiger partial charge is 0.289 e. The maximum Gasteiger partial charge on any atom is 0.289 e. The molecule has 0 unspecified atom stereocenters. The fourth-order valence-electron chi connectivity index (χ4n) is 3.53. The average Bonchev–Trinajstić information content (AvgIpc) is 3.14. The van der Waals surface area contributed by atoms with Crippen molar-refractivity contribution in [2.45, 2.75) is 31.7 Å². The Morgan fingerprint density at radius 1 is 1.20 bits per heavy atom. The Hall–Kier alpha value is -3.62. The number of halogens is 2. The summed E-state index contributed by atoms with van der Waals surface area (Å²) < 4.78 is 27.7. The average molecular weight is 411 g/mol. The number of nitrogens with zero attached hydrogens (tertiary/aromatic N) is 2. The van der Waals surface area contributed by atoms with Gasteiger partial charge in [-0.05, 0) is 29.5 Å². The van der Waals surface area contributed by atoms with E-state index in [4.69, 9.17) is 0 Å². The Labute approximate surface area is 170 Å². The summed E-state index contributed by atoms with van der Waals surface area (Å²) in [5.74, 6) is -2.64. The quantitative estimate of drug-likeness (QED) is 0.615. The number of carbonyl (C=O) groups is 2. The van der Waals surface area contributed by atoms with E-state index in [0.29, 0.717) is 23.9 Å². The summed E-state index contributed by atoms with van der Waals surface area (Å²) >= 11 is 0. The van der Waals surface area contributed by atoms with E-state index in [1.807, 2.05) is 30.3 Å². The van der Waals surface area contributed by atoms with E-state index in [-0.39, 0.29) is 23.9 Å². The Bertz CT molecular complexity index is 1100. The van der Waals surface area contributed by atoms with Crippen LogP contribution in [-0.2, 0) is 11.2 Å². The predicted octanol–water partition coefficient (Wildman–Crippen LogP) is 2.92. The molecule has 0 fully saturated rings. The summed E-state index contributed by atoms with van der Waals surface area (Å²) in [7, 11) is 0. The van der Waals surface area contributed by atoms with E-state index in [1.54, 1.807) is 6.92 Å². The number of aromatic amines is 1. The first-order chi connectivity index (χ1) is 14.4. The van der Waals surface area contributed by atoms with Crippen LogP contribution in [0.15, 0.2) is 42.5 Å². The molecule has 154 valence electrons. The summed E-state index contributed by atoms with van der Waals surface area (Å²) in [6.45, 7) is 1.74. The molecule has 2 amide bonds. The molecule has 2 atom stereocenters. The third kappa shape index (κ3) is 4.05. The van der Waals surface area contributed by atoms with Gasteiger partial charge in [-0.2, -0.15) is 0 Å². The van der Waals surface area contributed by atoms with Crippen molar-refractivity contribution in [3.05, 3.63) is 76.9 Å². The lowest BCUT2D eigenvalue weighted by Crippen LogP contribution is -2.43. The number of anilines is 1. The van der Waals surface area contributed by atoms with Crippen LogP contribution in [-0.4, -0.2) is 33.0 Å². The molecule has 7 nitrogen and oxygen atoms in total. The van der Waals surface area contributed by atoms with Crippen molar-refractivity contribution >= 4 is 17.5 Å². The number of carbonyl (C=O) groups excluding carboxylic acids is 2. The first kappa shape index (κ1) is 19.7. The Morgan fingerprint density at radius 2 is 1.97 bits per heavy atom. The van der Waals surface area contributed by atoms with E-state index in [0.717, 1.165) is 5.56 Å². The molecule has 30 heavy (non-hydrogen) atoms. The first-order valence-electron chi connectivity index (χ1n) is 9.47. The van der Waals surface area contributed by atoms with Crippen LogP contribution < -0.4 is 10.6 Å². The van der Waals surface area contributed by atoms with Gasteiger partial charge >= 0.3 is 0 Å². The number of benzene rings is 2. The molecule has 0 radical (unpaired) electrons. The van der Waals surface area contributed by atoms with Gasteiger partial charge in [-0.15, -0.1) is 10.2 Å². The number of hydrogen-bond donors (Lipinski definition) is 3. The summed E-state index contributed by atoms with van der Waals surface area (Å²) in [6.07, 6.45) is 0.653. The summed E-state index contributed by atoms with van der Waals surface area (Å²) in [6, 6.07) is 10.5. The second kappa shape index (κ2) is 8.02. The molecule has 2 aromatic carbocycles. The lowest BCUT2D eigenvalue weighted by molar-refractivity contribution is -0.118. The highest BCUT2D eigenvalue weighted by Crippen LogP contribution is 2.34. The highest BCUT2D eigenvalue weighted by atomic mass is 19.1. The van der Waals surface area contributed by atoms with Crippen molar-refractivity contribution in [3.8, 4) is 0 Å². The van der Waals surface area contributed by atoms with Crippen LogP contribution in [0, 0.1) is 11.6 Å². The topological polar surface area (TPSA) is 99.8 Å². The molecule has 3 aromatic rings. The van der Waals surface area contributed by atoms with Gasteiger partial charge < -0.3 is 15.6 Å². The van der Waals surface area contributed by atoms with E-state index in [9.17, 15) is 18.4 Å². The normalized spacial score (nSPS) is 18.3. The number of rotatable bonds is 4. The largest absolute Gasteiger partial charge is 0.337 e. The molecule has 4 rings (SSSR count). The number of aromatic nitrogens is 3. The zero-order valence-electron chi connectivity index (χ0n) is 16.1. The van der Waals surface area contributed by atoms with Crippen LogP contribution in [0.5, 0.6) is 0 Å². The summed E-state index contributed by atoms with van der Waals surface area (Å²) in [5.41, 5.74) is 1.29. The van der Waals surface area contributed by atoms with Crippen LogP contribution in [0.4, 0.5) is 14.5 Å². The highest BCUT2D eigenvalue weighted by Gasteiger charge is 2.31. The van der Waals surface area contributed by atoms with Gasteiger partial charge in [0.15, 0.2) is 0 Å². The molecule has 9 heteroatoms. The maximum atomic E-state index is 14.1. The van der Waals surface area contributed by atoms with E-state index >= 15 is 0 Å². The van der Waals surface area contributed by atoms with E-state index in [1.165, 1.54) is 6.07 Å². The predicted molar refractivity (Wildman–Crippen MR) is 105 cm³/mol. The molecular weight excluding hydrogens is 392 g/mol. The fraction of sp³-hybridized carbons (Fsp3) is 0.238. The lowest BCUT2D eigenvalue weighted by Gasteiger charge is -2.16. The lowest BCUT2D eigenvalue weighted by atomic mass is 9.94. The highest BCUT2D eigenvalue weighted by molar-refractivity contribution is 6.01. The number of hydrogen-bond acceptors (Lipinski definition) is 4. The van der Waals surface area contributed by atoms with Crippen LogP contribution in [0.3, 0.4) is 0 Å². The molecular formula is C21H19F2N5O2. The van der Waals surface area contributed by atoms with Gasteiger partial charge in [0.1, 0.15) is 23.5 Å². The second-order valence-corrected chi connectivity index (χ2v) is 7.29. The van der Waals surface area contributed by atoms with Crippen LogP contribution in [0.2, 0.25) is 0 Å². The SMILES string of the molecule is C[C@H]1C[C@@H](NC(=O)c2nnc(Cc3ccccc3)[nH]2)C(=O)Nc2c(F)cc(F)cc21. The Kier molecular flexibility index (Phi) is 5.26. The second-order valence-electron chi connectivity index (χ2n) is 7.29. The zero-order valence-corrected chi connectivity index (χ0v) is 16.1. The van der Waals surface area contributed by atoms with Gasteiger partial charge in [-0.3, -0.25) is 9.59 Å². The minimum atomic E-state index is -0.940. The van der Waals surface area contributed by atoms with Gasteiger partial charge in [0, 0.05) is 12.5 Å². The zero-order chi connectivity index (χ0) is 21.3. The third-order valence-corrected chi connectivity index (χ3v) is 5.04. The van der Waals surface area contributed by atoms with Gasteiger partial charge in [-0.1, -0.05) is 37.3 Å². The molecule has 1 aromatic heterocycles. The monoisotopic (exact) mass is 411 g/mol. The van der Waals surface area contributed by atoms with Crippen molar-refractivity contribution in [2.24, 2.45) is 0 Å². The van der Waals surface area contributed by atoms with Crippen molar-refractivity contribution in [2.75, 3.05) is 5.32 Å². The Morgan fingerprint density at radius 3 is 2.73 bits per heavy atom. The van der Waals surface area contributed by atoms with Crippen LogP contribution in [0.25, 0.3) is 0 Å². The standard InChI is InChI=1S/C21H19F2N5O2/c1-11-7-16(20(29)26-18-14(11)9-13(22)10-15(18)23)24-21(30)19-25-17(27-28-19)8-12-5-3-2-4-6-12/h2-6,9-11,16H,7-8H2,1H3,(H,24,30)(H,26,29)(H,25,27,28)/t11-,16+/m0/s1. The third-order valence-electron chi connectivity index (χ3n) is 5.04.